The number of aromatic nitrogens is 3. The zero-order valence-electron chi connectivity index (χ0n) is 10.9. The topological polar surface area (TPSA) is 80.2 Å². The maximum atomic E-state index is 11.9. The van der Waals surface area contributed by atoms with Gasteiger partial charge >= 0.3 is 5.69 Å². The van der Waals surface area contributed by atoms with Crippen LogP contribution in [0.2, 0.25) is 0 Å². The van der Waals surface area contributed by atoms with Crippen molar-refractivity contribution in [3.63, 3.8) is 0 Å². The molecule has 2 heterocycles. The Morgan fingerprint density at radius 1 is 1.47 bits per heavy atom. The van der Waals surface area contributed by atoms with Crippen LogP contribution in [-0.2, 0) is 16.6 Å². The normalized spacial score (nSPS) is 15.7. The minimum Gasteiger partial charge on any atom is -0.378 e. The van der Waals surface area contributed by atoms with Gasteiger partial charge in [0.25, 0.3) is 0 Å². The standard InChI is InChI=1S/C11H18N4O3S/c1-14-10(17)12-13-11(14)19-8-2-3-9(16)15-4-6-18-7-5-15/h2-8H2,1H3,(H,12,17). The summed E-state index contributed by atoms with van der Waals surface area (Å²) in [6.07, 6.45) is 1.31. The number of carbonyl (C=O) groups excluding carboxylic acids is 1. The van der Waals surface area contributed by atoms with E-state index >= 15 is 0 Å². The van der Waals surface area contributed by atoms with Gasteiger partial charge in [-0.05, 0) is 6.42 Å². The summed E-state index contributed by atoms with van der Waals surface area (Å²) in [5, 5.41) is 6.94. The molecule has 1 N–H and O–H groups in total. The molecule has 1 aliphatic heterocycles. The number of hydrogen-bond acceptors (Lipinski definition) is 5. The summed E-state index contributed by atoms with van der Waals surface area (Å²) in [6, 6.07) is 0. The number of thioether (sulfide) groups is 1. The first-order chi connectivity index (χ1) is 9.18. The van der Waals surface area contributed by atoms with Crippen LogP contribution in [0.3, 0.4) is 0 Å². The molecule has 0 aliphatic carbocycles. The predicted octanol–water partition coefficient (Wildman–Crippen LogP) is -0.160. The van der Waals surface area contributed by atoms with E-state index in [1.807, 2.05) is 4.90 Å². The molecule has 19 heavy (non-hydrogen) atoms. The number of hydrogen-bond donors (Lipinski definition) is 1. The molecule has 1 saturated heterocycles. The summed E-state index contributed by atoms with van der Waals surface area (Å²) in [4.78, 5) is 24.9. The highest BCUT2D eigenvalue weighted by Crippen LogP contribution is 2.14. The molecule has 1 aromatic heterocycles. The van der Waals surface area contributed by atoms with Crippen molar-refractivity contribution >= 4 is 17.7 Å². The van der Waals surface area contributed by atoms with Gasteiger partial charge in [-0.15, -0.1) is 5.10 Å². The summed E-state index contributed by atoms with van der Waals surface area (Å²) in [5.41, 5.74) is -0.216. The van der Waals surface area contributed by atoms with Crippen molar-refractivity contribution in [2.75, 3.05) is 32.1 Å². The van der Waals surface area contributed by atoms with Crippen molar-refractivity contribution in [3.8, 4) is 0 Å². The van der Waals surface area contributed by atoms with Crippen LogP contribution in [0.1, 0.15) is 12.8 Å². The molecule has 0 aromatic carbocycles. The molecule has 106 valence electrons. The highest BCUT2D eigenvalue weighted by molar-refractivity contribution is 7.99. The van der Waals surface area contributed by atoms with Crippen LogP contribution < -0.4 is 5.69 Å². The Hall–Kier alpha value is -1.28. The number of amides is 1. The summed E-state index contributed by atoms with van der Waals surface area (Å²) in [7, 11) is 1.67. The molecule has 8 heteroatoms. The first-order valence-corrected chi connectivity index (χ1v) is 7.27. The third kappa shape index (κ3) is 3.84. The van der Waals surface area contributed by atoms with E-state index in [0.29, 0.717) is 37.9 Å². The summed E-state index contributed by atoms with van der Waals surface area (Å²) in [6.45, 7) is 2.66. The number of ether oxygens (including phenoxy) is 1. The van der Waals surface area contributed by atoms with Crippen molar-refractivity contribution in [1.82, 2.24) is 19.7 Å². The fraction of sp³-hybridized carbons (Fsp3) is 0.727. The third-order valence-electron chi connectivity index (χ3n) is 2.97. The summed E-state index contributed by atoms with van der Waals surface area (Å²) < 4.78 is 6.67. The Morgan fingerprint density at radius 2 is 2.21 bits per heavy atom. The average molecular weight is 286 g/mol. The second-order valence-corrected chi connectivity index (χ2v) is 5.38. The van der Waals surface area contributed by atoms with Gasteiger partial charge < -0.3 is 9.64 Å². The van der Waals surface area contributed by atoms with Gasteiger partial charge in [-0.3, -0.25) is 9.36 Å². The largest absolute Gasteiger partial charge is 0.378 e. The Labute approximate surface area is 115 Å². The van der Waals surface area contributed by atoms with Crippen LogP contribution >= 0.6 is 11.8 Å². The first kappa shape index (κ1) is 14.1. The first-order valence-electron chi connectivity index (χ1n) is 6.28. The maximum absolute atomic E-state index is 11.9. The van der Waals surface area contributed by atoms with Crippen LogP contribution in [0.25, 0.3) is 0 Å². The van der Waals surface area contributed by atoms with E-state index in [-0.39, 0.29) is 11.6 Å². The van der Waals surface area contributed by atoms with Gasteiger partial charge in [-0.2, -0.15) is 0 Å². The fourth-order valence-electron chi connectivity index (χ4n) is 1.82. The average Bonchev–Trinajstić information content (AvgIpc) is 2.76. The van der Waals surface area contributed by atoms with Crippen LogP contribution in [0.5, 0.6) is 0 Å². The highest BCUT2D eigenvalue weighted by Gasteiger charge is 2.16. The molecule has 1 aromatic rings. The molecule has 0 bridgehead atoms. The van der Waals surface area contributed by atoms with Crippen molar-refractivity contribution in [1.29, 1.82) is 0 Å². The summed E-state index contributed by atoms with van der Waals surface area (Å²) in [5.74, 6) is 0.952. The van der Waals surface area contributed by atoms with Crippen molar-refractivity contribution in [2.24, 2.45) is 7.05 Å². The molecule has 0 atom stereocenters. The smallest absolute Gasteiger partial charge is 0.343 e. The van der Waals surface area contributed by atoms with E-state index in [1.165, 1.54) is 16.3 Å². The molecular formula is C11H18N4O3S. The van der Waals surface area contributed by atoms with Gasteiger partial charge in [0.1, 0.15) is 0 Å². The van der Waals surface area contributed by atoms with E-state index in [4.69, 9.17) is 4.74 Å². The molecule has 0 radical (unpaired) electrons. The monoisotopic (exact) mass is 286 g/mol. The lowest BCUT2D eigenvalue weighted by Gasteiger charge is -2.26. The van der Waals surface area contributed by atoms with Crippen molar-refractivity contribution in [2.45, 2.75) is 18.0 Å². The number of carbonyl (C=O) groups is 1. The van der Waals surface area contributed by atoms with E-state index in [0.717, 1.165) is 12.2 Å². The minimum absolute atomic E-state index is 0.180. The van der Waals surface area contributed by atoms with Gasteiger partial charge in [0, 0.05) is 32.3 Å². The zero-order chi connectivity index (χ0) is 13.7. The number of nitrogens with zero attached hydrogens (tertiary/aromatic N) is 3. The SMILES string of the molecule is Cn1c(SCCCC(=O)N2CCOCC2)n[nH]c1=O. The Kier molecular flexibility index (Phi) is 5.03. The molecule has 0 spiro atoms. The van der Waals surface area contributed by atoms with E-state index in [9.17, 15) is 9.59 Å². The molecule has 1 amide bonds. The predicted molar refractivity (Wildman–Crippen MR) is 71.2 cm³/mol. The lowest BCUT2D eigenvalue weighted by atomic mass is 10.3. The van der Waals surface area contributed by atoms with Gasteiger partial charge in [-0.1, -0.05) is 11.8 Å². The van der Waals surface area contributed by atoms with E-state index < -0.39 is 0 Å². The minimum atomic E-state index is -0.216. The zero-order valence-corrected chi connectivity index (χ0v) is 11.7. The number of H-pyrrole nitrogens is 1. The van der Waals surface area contributed by atoms with Crippen LogP contribution in [-0.4, -0.2) is 57.6 Å². The number of aromatic amines is 1. The summed E-state index contributed by atoms with van der Waals surface area (Å²) >= 11 is 1.48. The third-order valence-corrected chi connectivity index (χ3v) is 4.08. The second-order valence-electron chi connectivity index (χ2n) is 4.32. The molecule has 7 nitrogen and oxygen atoms in total. The van der Waals surface area contributed by atoms with Crippen LogP contribution in [0.4, 0.5) is 0 Å². The molecule has 1 fully saturated rings. The van der Waals surface area contributed by atoms with E-state index in [2.05, 4.69) is 10.2 Å². The molecule has 2 rings (SSSR count). The van der Waals surface area contributed by atoms with Crippen molar-refractivity contribution < 1.29 is 9.53 Å². The van der Waals surface area contributed by atoms with Gasteiger partial charge in [0.2, 0.25) is 5.91 Å². The molecule has 0 unspecified atom stereocenters. The fourth-order valence-corrected chi connectivity index (χ4v) is 2.68. The Bertz CT molecular complexity index is 479. The number of rotatable bonds is 5. The lowest BCUT2D eigenvalue weighted by molar-refractivity contribution is -0.135. The van der Waals surface area contributed by atoms with Gasteiger partial charge in [0.05, 0.1) is 13.2 Å². The molecular weight excluding hydrogens is 268 g/mol. The number of morpholine rings is 1. The maximum Gasteiger partial charge on any atom is 0.343 e. The van der Waals surface area contributed by atoms with Crippen LogP contribution in [0.15, 0.2) is 9.95 Å². The van der Waals surface area contributed by atoms with Crippen molar-refractivity contribution in [3.05, 3.63) is 10.5 Å². The lowest BCUT2D eigenvalue weighted by Crippen LogP contribution is -2.40. The second kappa shape index (κ2) is 6.76. The van der Waals surface area contributed by atoms with Gasteiger partial charge in [-0.25, -0.2) is 9.89 Å². The molecule has 1 aliphatic rings. The van der Waals surface area contributed by atoms with Gasteiger partial charge in [0.15, 0.2) is 5.16 Å². The number of nitrogens with one attached hydrogen (secondary N) is 1. The van der Waals surface area contributed by atoms with Crippen LogP contribution in [0, 0.1) is 0 Å². The highest BCUT2D eigenvalue weighted by atomic mass is 32.2. The Morgan fingerprint density at radius 3 is 2.84 bits per heavy atom. The molecule has 0 saturated carbocycles. The quantitative estimate of drug-likeness (QED) is 0.601. The van der Waals surface area contributed by atoms with E-state index in [1.54, 1.807) is 7.05 Å². The Balaban J connectivity index is 1.67.